The quantitative estimate of drug-likeness (QED) is 0.225. The molecule has 0 amide bonds. The lowest BCUT2D eigenvalue weighted by Crippen LogP contribution is -2.54. The molecule has 0 N–H and O–H groups in total. The molecule has 2 fully saturated rings. The topological polar surface area (TPSA) is 9.23 Å². The molecule has 0 unspecified atom stereocenters. The van der Waals surface area contributed by atoms with Gasteiger partial charge in [0.1, 0.15) is 0 Å². The van der Waals surface area contributed by atoms with E-state index in [-0.39, 0.29) is 0 Å². The Balaban J connectivity index is 1.60. The normalized spacial score (nSPS) is 31.7. The Kier molecular flexibility index (Phi) is 8.92. The van der Waals surface area contributed by atoms with E-state index in [1.54, 1.807) is 17.3 Å². The summed E-state index contributed by atoms with van der Waals surface area (Å²) in [5, 5.41) is 3.00. The largest absolute Gasteiger partial charge is 0.385 e. The third-order valence-electron chi connectivity index (χ3n) is 7.65. The average molecular weight is 452 g/mol. The maximum Gasteiger partial charge on any atom is 0.0897 e. The summed E-state index contributed by atoms with van der Waals surface area (Å²) in [6, 6.07) is 14.9. The summed E-state index contributed by atoms with van der Waals surface area (Å²) in [7, 11) is 0.482. The number of halogens is 1. The first-order valence-corrected chi connectivity index (χ1v) is 15.0. The molecule has 1 aromatic carbocycles. The van der Waals surface area contributed by atoms with Crippen LogP contribution in [0.15, 0.2) is 30.3 Å². The molecule has 0 bridgehead atoms. The molecule has 1 aliphatic carbocycles. The van der Waals surface area contributed by atoms with E-state index in [1.807, 2.05) is 7.11 Å². The van der Waals surface area contributed by atoms with Crippen LogP contribution >= 0.6 is 15.9 Å². The van der Waals surface area contributed by atoms with E-state index in [4.69, 9.17) is 4.74 Å². The van der Waals surface area contributed by atoms with Crippen LogP contribution in [0, 0.1) is 11.8 Å². The van der Waals surface area contributed by atoms with Gasteiger partial charge in [0.15, 0.2) is 0 Å². The molecule has 0 aromatic heterocycles. The van der Waals surface area contributed by atoms with E-state index >= 15 is 0 Å². The Morgan fingerprint density at radius 2 is 1.59 bits per heavy atom. The fraction of sp³-hybridized carbons (Fsp3) is 0.750. The molecule has 3 heteroatoms. The molecule has 0 radical (unpaired) electrons. The molecule has 1 aromatic rings. The highest BCUT2D eigenvalue weighted by molar-refractivity contribution is 9.09. The summed E-state index contributed by atoms with van der Waals surface area (Å²) in [6.45, 7) is 0.936. The molecule has 0 spiro atoms. The second-order valence-electron chi connectivity index (χ2n) is 9.18. The van der Waals surface area contributed by atoms with Crippen molar-refractivity contribution in [2.75, 3.05) is 19.0 Å². The van der Waals surface area contributed by atoms with Gasteiger partial charge in [-0.2, -0.15) is 0 Å². The maximum absolute atomic E-state index is 5.20. The van der Waals surface area contributed by atoms with E-state index in [1.165, 1.54) is 69.5 Å². The first-order valence-electron chi connectivity index (χ1n) is 11.4. The predicted molar refractivity (Wildman–Crippen MR) is 124 cm³/mol. The van der Waals surface area contributed by atoms with Gasteiger partial charge in [0.2, 0.25) is 0 Å². The number of alkyl halides is 1. The van der Waals surface area contributed by atoms with Crippen molar-refractivity contribution in [3.8, 4) is 0 Å². The van der Waals surface area contributed by atoms with Gasteiger partial charge in [0.25, 0.3) is 0 Å². The highest BCUT2D eigenvalue weighted by Gasteiger charge is 2.45. The minimum Gasteiger partial charge on any atom is -0.385 e. The van der Waals surface area contributed by atoms with Crippen molar-refractivity contribution < 1.29 is 4.74 Å². The first-order chi connectivity index (χ1) is 13.3. The Labute approximate surface area is 176 Å². The first kappa shape index (κ1) is 21.6. The lowest BCUT2D eigenvalue weighted by molar-refractivity contribution is 0.191. The van der Waals surface area contributed by atoms with Gasteiger partial charge in [-0.1, -0.05) is 108 Å². The van der Waals surface area contributed by atoms with Crippen LogP contribution in [0.5, 0.6) is 0 Å². The van der Waals surface area contributed by atoms with E-state index in [0.717, 1.165) is 24.0 Å². The van der Waals surface area contributed by atoms with Crippen LogP contribution in [0.3, 0.4) is 0 Å². The summed E-state index contributed by atoms with van der Waals surface area (Å²) in [6.07, 6.45) is 14.4. The SMILES string of the molecule is COCCCCCC1CC[Si](c2ccccc2)([C@H]2CC[C@H](CBr)CC2)CC1. The number of methoxy groups -OCH3 is 1. The van der Waals surface area contributed by atoms with Gasteiger partial charge in [0.05, 0.1) is 8.07 Å². The summed E-state index contributed by atoms with van der Waals surface area (Å²) in [4.78, 5) is 0. The molecule has 1 saturated heterocycles. The summed E-state index contributed by atoms with van der Waals surface area (Å²) >= 11 is 3.74. The van der Waals surface area contributed by atoms with Gasteiger partial charge in [-0.25, -0.2) is 0 Å². The lowest BCUT2D eigenvalue weighted by atomic mass is 9.90. The van der Waals surface area contributed by atoms with Crippen molar-refractivity contribution in [3.63, 3.8) is 0 Å². The Morgan fingerprint density at radius 3 is 2.22 bits per heavy atom. The smallest absolute Gasteiger partial charge is 0.0897 e. The third kappa shape index (κ3) is 5.70. The lowest BCUT2D eigenvalue weighted by Gasteiger charge is -2.47. The van der Waals surface area contributed by atoms with Crippen molar-refractivity contribution in [1.82, 2.24) is 0 Å². The minimum atomic E-state index is -1.34. The molecule has 3 rings (SSSR count). The standard InChI is InChI=1S/C24H39BrOSi/c1-26-17-7-3-4-8-21-15-18-27(19-16-21,23-9-5-2-6-10-23)24-13-11-22(20-25)12-14-24/h2,5-6,9-10,21-22,24H,3-4,7-8,11-20H2,1H3/t21?,22-,24-,27?. The second kappa shape index (κ2) is 11.2. The van der Waals surface area contributed by atoms with Crippen molar-refractivity contribution in [3.05, 3.63) is 30.3 Å². The zero-order chi connectivity index (χ0) is 19.0. The zero-order valence-corrected chi connectivity index (χ0v) is 19.9. The van der Waals surface area contributed by atoms with Crippen LogP contribution in [-0.2, 0) is 4.74 Å². The second-order valence-corrected chi connectivity index (χ2v) is 14.5. The molecule has 0 atom stereocenters. The van der Waals surface area contributed by atoms with E-state index in [2.05, 4.69) is 46.3 Å². The predicted octanol–water partition coefficient (Wildman–Crippen LogP) is 6.91. The fourth-order valence-electron chi connectivity index (χ4n) is 5.91. The highest BCUT2D eigenvalue weighted by atomic mass is 79.9. The molecule has 152 valence electrons. The number of hydrogen-bond donors (Lipinski definition) is 0. The minimum absolute atomic E-state index is 0.936. The van der Waals surface area contributed by atoms with Crippen LogP contribution in [-0.4, -0.2) is 27.1 Å². The number of hydrogen-bond acceptors (Lipinski definition) is 1. The van der Waals surface area contributed by atoms with Crippen molar-refractivity contribution in [2.45, 2.75) is 81.8 Å². The molecular weight excluding hydrogens is 412 g/mol. The van der Waals surface area contributed by atoms with Gasteiger partial charge in [0, 0.05) is 19.0 Å². The molecule has 27 heavy (non-hydrogen) atoms. The van der Waals surface area contributed by atoms with Gasteiger partial charge >= 0.3 is 0 Å². The van der Waals surface area contributed by atoms with Crippen LogP contribution in [0.4, 0.5) is 0 Å². The monoisotopic (exact) mass is 450 g/mol. The van der Waals surface area contributed by atoms with Gasteiger partial charge in [-0.05, 0) is 36.6 Å². The summed E-state index contributed by atoms with van der Waals surface area (Å²) in [5.41, 5.74) is 1.04. The average Bonchev–Trinajstić information content (AvgIpc) is 2.75. The van der Waals surface area contributed by atoms with Crippen LogP contribution < -0.4 is 5.19 Å². The summed E-state index contributed by atoms with van der Waals surface area (Å²) < 4.78 is 5.20. The van der Waals surface area contributed by atoms with Crippen molar-refractivity contribution >= 4 is 29.2 Å². The van der Waals surface area contributed by atoms with Crippen molar-refractivity contribution in [1.29, 1.82) is 0 Å². The van der Waals surface area contributed by atoms with Crippen molar-refractivity contribution in [2.24, 2.45) is 11.8 Å². The molecule has 2 aliphatic rings. The van der Waals surface area contributed by atoms with E-state index < -0.39 is 8.07 Å². The fourth-order valence-corrected chi connectivity index (χ4v) is 12.8. The number of ether oxygens (including phenoxy) is 1. The third-order valence-corrected chi connectivity index (χ3v) is 14.6. The van der Waals surface area contributed by atoms with Gasteiger partial charge in [-0.15, -0.1) is 0 Å². The Bertz CT molecular complexity index is 518. The number of rotatable bonds is 9. The zero-order valence-electron chi connectivity index (χ0n) is 17.3. The molecular formula is C24H39BrOSi. The summed E-state index contributed by atoms with van der Waals surface area (Å²) in [5.74, 6) is 1.93. The maximum atomic E-state index is 5.20. The molecule has 1 saturated carbocycles. The molecule has 1 nitrogen and oxygen atoms in total. The Hall–Kier alpha value is -0.123. The van der Waals surface area contributed by atoms with Crippen LogP contribution in [0.2, 0.25) is 17.6 Å². The Morgan fingerprint density at radius 1 is 0.889 bits per heavy atom. The van der Waals surface area contributed by atoms with Crippen LogP contribution in [0.25, 0.3) is 0 Å². The molecule has 1 heterocycles. The number of benzene rings is 1. The van der Waals surface area contributed by atoms with E-state index in [9.17, 15) is 0 Å². The van der Waals surface area contributed by atoms with Gasteiger partial charge < -0.3 is 4.74 Å². The van der Waals surface area contributed by atoms with Crippen LogP contribution in [0.1, 0.15) is 64.2 Å². The molecule has 1 aliphatic heterocycles. The number of unbranched alkanes of at least 4 members (excludes halogenated alkanes) is 2. The van der Waals surface area contributed by atoms with Gasteiger partial charge in [-0.3, -0.25) is 0 Å². The highest BCUT2D eigenvalue weighted by Crippen LogP contribution is 2.48. The van der Waals surface area contributed by atoms with E-state index in [0.29, 0.717) is 0 Å².